The minimum atomic E-state index is -3.57. The topological polar surface area (TPSA) is 33.6 Å². The van der Waals surface area contributed by atoms with Gasteiger partial charge in [0.2, 0.25) is 0 Å². The largest absolute Gasteiger partial charge is 0.497 e. The van der Waals surface area contributed by atoms with Crippen molar-refractivity contribution in [1.29, 1.82) is 0 Å². The number of ether oxygens (including phenoxy) is 1. The summed E-state index contributed by atoms with van der Waals surface area (Å²) in [4.78, 5) is 4.49. The van der Waals surface area contributed by atoms with E-state index in [1.165, 1.54) is 6.08 Å². The van der Waals surface area contributed by atoms with E-state index in [1.807, 2.05) is 30.3 Å². The predicted molar refractivity (Wildman–Crippen MR) is 108 cm³/mol. The second-order valence-electron chi connectivity index (χ2n) is 5.90. The van der Waals surface area contributed by atoms with Crippen molar-refractivity contribution in [3.05, 3.63) is 71.9 Å². The lowest BCUT2D eigenvalue weighted by Crippen LogP contribution is -2.20. The van der Waals surface area contributed by atoms with E-state index in [9.17, 15) is 8.78 Å². The van der Waals surface area contributed by atoms with E-state index >= 15 is 0 Å². The van der Waals surface area contributed by atoms with Crippen LogP contribution >= 0.6 is 11.6 Å². The molecule has 0 spiro atoms. The summed E-state index contributed by atoms with van der Waals surface area (Å²) in [6.45, 7) is 2.61. The summed E-state index contributed by atoms with van der Waals surface area (Å²) in [5, 5.41) is -0.866. The molecule has 0 saturated carbocycles. The Bertz CT molecular complexity index is 769. The van der Waals surface area contributed by atoms with E-state index in [-0.39, 0.29) is 0 Å². The molecule has 0 radical (unpaired) electrons. The number of unbranched alkanes of at least 4 members (excludes halogenated alkanes) is 1. The molecule has 0 fully saturated rings. The molecule has 2 aromatic rings. The van der Waals surface area contributed by atoms with Crippen molar-refractivity contribution < 1.29 is 13.5 Å². The molecule has 0 aliphatic heterocycles. The molecule has 144 valence electrons. The number of nitrogens with one attached hydrogen (secondary N) is 1. The average Bonchev–Trinajstić information content (AvgIpc) is 2.67. The fourth-order valence-electron chi connectivity index (χ4n) is 2.34. The Morgan fingerprint density at radius 2 is 1.81 bits per heavy atom. The zero-order valence-corrected chi connectivity index (χ0v) is 16.1. The first-order chi connectivity index (χ1) is 12.9. The van der Waals surface area contributed by atoms with Gasteiger partial charge in [0, 0.05) is 12.2 Å². The van der Waals surface area contributed by atoms with E-state index in [0.29, 0.717) is 23.7 Å². The lowest BCUT2D eigenvalue weighted by atomic mass is 10.1. The molecule has 0 aliphatic carbocycles. The minimum absolute atomic E-state index is 0.437. The van der Waals surface area contributed by atoms with Crippen molar-refractivity contribution in [2.24, 2.45) is 4.99 Å². The highest BCUT2D eigenvalue weighted by Crippen LogP contribution is 2.30. The van der Waals surface area contributed by atoms with Gasteiger partial charge in [-0.1, -0.05) is 43.7 Å². The summed E-state index contributed by atoms with van der Waals surface area (Å²) in [5.41, 5.74) is 1.25. The number of aliphatic imine (C=N–C) groups is 1. The zero-order chi connectivity index (χ0) is 19.7. The Balaban J connectivity index is 2.37. The highest BCUT2D eigenvalue weighted by Gasteiger charge is 2.31. The summed E-state index contributed by atoms with van der Waals surface area (Å²) < 4.78 is 33.2. The number of hydrogen-bond acceptors (Lipinski definition) is 3. The lowest BCUT2D eigenvalue weighted by molar-refractivity contribution is 0.140. The number of alkyl halides is 3. The Morgan fingerprint density at radius 3 is 2.37 bits per heavy atom. The van der Waals surface area contributed by atoms with Gasteiger partial charge in [-0.3, -0.25) is 4.99 Å². The van der Waals surface area contributed by atoms with Crippen molar-refractivity contribution in [1.82, 2.24) is 0 Å². The standard InChI is InChI=1S/C21H23ClF2N2O/c1-3-4-14-25-19(16-8-6-5-7-9-16)15-20(21(22,23)24)26-17-10-12-18(27-2)13-11-17/h5-13,15,26H,3-4,14H2,1-2H3/b20-15+,25-19?. The van der Waals surface area contributed by atoms with Crippen LogP contribution in [0.2, 0.25) is 0 Å². The van der Waals surface area contributed by atoms with Crippen molar-refractivity contribution in [2.75, 3.05) is 19.0 Å². The SMILES string of the molecule is CCCCN=C(/C=C(/Nc1ccc(OC)cc1)C(F)(F)Cl)c1ccccc1. The van der Waals surface area contributed by atoms with E-state index in [2.05, 4.69) is 17.2 Å². The Labute approximate surface area is 163 Å². The number of hydrogen-bond donors (Lipinski definition) is 1. The molecule has 0 atom stereocenters. The van der Waals surface area contributed by atoms with Crippen molar-refractivity contribution >= 4 is 23.0 Å². The molecule has 6 heteroatoms. The maximum absolute atomic E-state index is 14.0. The molecule has 0 unspecified atom stereocenters. The highest BCUT2D eigenvalue weighted by atomic mass is 35.5. The molecule has 0 aliphatic rings. The Morgan fingerprint density at radius 1 is 1.15 bits per heavy atom. The lowest BCUT2D eigenvalue weighted by Gasteiger charge is -2.17. The first-order valence-corrected chi connectivity index (χ1v) is 9.11. The third-order valence-electron chi connectivity index (χ3n) is 3.82. The summed E-state index contributed by atoms with van der Waals surface area (Å²) in [7, 11) is 1.54. The number of benzene rings is 2. The normalized spacial score (nSPS) is 12.8. The summed E-state index contributed by atoms with van der Waals surface area (Å²) in [6, 6.07) is 15.9. The molecule has 3 nitrogen and oxygen atoms in total. The fourth-order valence-corrected chi connectivity index (χ4v) is 2.44. The van der Waals surface area contributed by atoms with E-state index < -0.39 is 11.1 Å². The molecule has 27 heavy (non-hydrogen) atoms. The average molecular weight is 393 g/mol. The van der Waals surface area contributed by atoms with Crippen molar-refractivity contribution in [2.45, 2.75) is 25.1 Å². The maximum Gasteiger partial charge on any atom is 0.362 e. The molecule has 0 aromatic heterocycles. The number of allylic oxidation sites excluding steroid dienone is 2. The first kappa shape index (κ1) is 20.9. The second-order valence-corrected chi connectivity index (χ2v) is 6.37. The van der Waals surface area contributed by atoms with Gasteiger partial charge in [0.1, 0.15) is 11.4 Å². The van der Waals surface area contributed by atoms with Crippen LogP contribution in [0.4, 0.5) is 14.5 Å². The van der Waals surface area contributed by atoms with Gasteiger partial charge in [0.25, 0.3) is 0 Å². The van der Waals surface area contributed by atoms with Gasteiger partial charge in [-0.2, -0.15) is 8.78 Å². The quantitative estimate of drug-likeness (QED) is 0.317. The summed E-state index contributed by atoms with van der Waals surface area (Å²) >= 11 is 5.36. The molecule has 0 heterocycles. The third-order valence-corrected chi connectivity index (χ3v) is 4.02. The minimum Gasteiger partial charge on any atom is -0.497 e. The Kier molecular flexibility index (Phi) is 7.80. The first-order valence-electron chi connectivity index (χ1n) is 8.74. The van der Waals surface area contributed by atoms with Crippen molar-refractivity contribution in [3.63, 3.8) is 0 Å². The van der Waals surface area contributed by atoms with Gasteiger partial charge >= 0.3 is 5.38 Å². The van der Waals surface area contributed by atoms with Crippen LogP contribution in [0.15, 0.2) is 71.4 Å². The molecule has 2 aromatic carbocycles. The molecule has 0 saturated heterocycles. The molecular formula is C21H23ClF2N2O. The number of nitrogens with zero attached hydrogens (tertiary/aromatic N) is 1. The molecule has 0 amide bonds. The maximum atomic E-state index is 14.0. The molecule has 0 bridgehead atoms. The van der Waals surface area contributed by atoms with Gasteiger partial charge in [0.15, 0.2) is 0 Å². The molecule has 1 N–H and O–H groups in total. The van der Waals surface area contributed by atoms with Crippen LogP contribution in [-0.4, -0.2) is 24.7 Å². The van der Waals surface area contributed by atoms with Gasteiger partial charge in [-0.05, 0) is 53.9 Å². The fraction of sp³-hybridized carbons (Fsp3) is 0.286. The zero-order valence-electron chi connectivity index (χ0n) is 15.4. The summed E-state index contributed by atoms with van der Waals surface area (Å²) in [5.74, 6) is 0.634. The van der Waals surface area contributed by atoms with Crippen LogP contribution < -0.4 is 10.1 Å². The number of rotatable bonds is 9. The van der Waals surface area contributed by atoms with Crippen LogP contribution in [0.3, 0.4) is 0 Å². The van der Waals surface area contributed by atoms with Gasteiger partial charge in [-0.25, -0.2) is 0 Å². The van der Waals surface area contributed by atoms with E-state index in [4.69, 9.17) is 16.3 Å². The highest BCUT2D eigenvalue weighted by molar-refractivity contribution is 6.24. The monoisotopic (exact) mass is 392 g/mol. The third kappa shape index (κ3) is 6.68. The second kappa shape index (κ2) is 10.1. The van der Waals surface area contributed by atoms with Gasteiger partial charge in [-0.15, -0.1) is 0 Å². The van der Waals surface area contributed by atoms with Gasteiger partial charge < -0.3 is 10.1 Å². The smallest absolute Gasteiger partial charge is 0.362 e. The van der Waals surface area contributed by atoms with E-state index in [0.717, 1.165) is 18.4 Å². The van der Waals surface area contributed by atoms with Crippen LogP contribution in [0.5, 0.6) is 5.75 Å². The number of halogens is 3. The number of methoxy groups -OCH3 is 1. The van der Waals surface area contributed by atoms with Crippen LogP contribution in [0, 0.1) is 0 Å². The molecular weight excluding hydrogens is 370 g/mol. The van der Waals surface area contributed by atoms with Crippen LogP contribution in [0.1, 0.15) is 25.3 Å². The van der Waals surface area contributed by atoms with Crippen molar-refractivity contribution in [3.8, 4) is 5.75 Å². The summed E-state index contributed by atoms with van der Waals surface area (Å²) in [6.07, 6.45) is 3.16. The molecule has 2 rings (SSSR count). The number of anilines is 1. The Hall–Kier alpha value is -2.40. The van der Waals surface area contributed by atoms with E-state index in [1.54, 1.807) is 31.4 Å². The predicted octanol–water partition coefficient (Wildman–Crippen LogP) is 6.11. The van der Waals surface area contributed by atoms with Gasteiger partial charge in [0.05, 0.1) is 12.8 Å². The van der Waals surface area contributed by atoms with Crippen LogP contribution in [-0.2, 0) is 0 Å². The van der Waals surface area contributed by atoms with Crippen LogP contribution in [0.25, 0.3) is 0 Å².